The maximum absolute atomic E-state index is 14.3. The lowest BCUT2D eigenvalue weighted by Crippen LogP contribution is -2.55. The smallest absolute Gasteiger partial charge is 0.347 e. The molecule has 4 rings (SSSR count). The number of carbonyl (C=O) groups excluding carboxylic acids is 2. The summed E-state index contributed by atoms with van der Waals surface area (Å²) >= 11 is 25.0. The third-order valence-corrected chi connectivity index (χ3v) is 10.4. The molecule has 0 atom stereocenters. The van der Waals surface area contributed by atoms with Gasteiger partial charge in [0.1, 0.15) is 17.7 Å². The highest BCUT2D eigenvalue weighted by Crippen LogP contribution is 2.29. The van der Waals surface area contributed by atoms with Crippen molar-refractivity contribution in [2.24, 2.45) is 0 Å². The standard InChI is InChI=1S/C42H46Cl4N4O8/c1-6-7-8-9-36(47-39(55)49(24-26-10-20-32(43)34(45)22-26)28-12-16-30(17-13-28)57-41(2,3)37(51)52)48-40(56)50(25-27-11-21-33(44)35(46)23-27)29-14-18-31(19-15-29)58-42(4,5)38(53)54/h10-23,36H,6-9,24-25H2,1-5H3,(H,47,55)(H,48,56)(H,51,52)(H,53,54). The Hall–Kier alpha value is -4.88. The minimum atomic E-state index is -1.50. The van der Waals surface area contributed by atoms with E-state index in [1.165, 1.54) is 37.5 Å². The zero-order valence-corrected chi connectivity index (χ0v) is 35.7. The fraction of sp³-hybridized carbons (Fsp3) is 0.333. The Kier molecular flexibility index (Phi) is 16.0. The van der Waals surface area contributed by atoms with Crippen LogP contribution in [0.5, 0.6) is 11.5 Å². The minimum absolute atomic E-state index is 0.0513. The number of amides is 4. The Balaban J connectivity index is 1.66. The number of halogens is 4. The summed E-state index contributed by atoms with van der Waals surface area (Å²) in [6.07, 6.45) is 1.95. The van der Waals surface area contributed by atoms with Crippen LogP contribution < -0.4 is 29.9 Å². The van der Waals surface area contributed by atoms with E-state index >= 15 is 0 Å². The molecule has 12 nitrogen and oxygen atoms in total. The number of hydrogen-bond acceptors (Lipinski definition) is 6. The van der Waals surface area contributed by atoms with Crippen LogP contribution in [-0.2, 0) is 22.7 Å². The number of aliphatic carboxylic acids is 2. The molecule has 0 bridgehead atoms. The van der Waals surface area contributed by atoms with Crippen LogP contribution in [0.4, 0.5) is 21.0 Å². The molecule has 310 valence electrons. The Bertz CT molecular complexity index is 1940. The van der Waals surface area contributed by atoms with Crippen LogP contribution in [0.3, 0.4) is 0 Å². The molecule has 0 radical (unpaired) electrons. The van der Waals surface area contributed by atoms with Crippen molar-refractivity contribution < 1.29 is 38.9 Å². The van der Waals surface area contributed by atoms with Crippen LogP contribution in [-0.4, -0.2) is 51.6 Å². The summed E-state index contributed by atoms with van der Waals surface area (Å²) in [5.74, 6) is -1.73. The molecule has 0 aliphatic heterocycles. The van der Waals surface area contributed by atoms with Gasteiger partial charge in [-0.1, -0.05) is 78.3 Å². The van der Waals surface area contributed by atoms with Crippen molar-refractivity contribution in [3.05, 3.63) is 116 Å². The highest BCUT2D eigenvalue weighted by atomic mass is 35.5. The number of carboxylic acid groups (broad SMARTS) is 2. The number of nitrogens with one attached hydrogen (secondary N) is 2. The average molecular weight is 877 g/mol. The summed E-state index contributed by atoms with van der Waals surface area (Å²) in [6.45, 7) is 7.86. The summed E-state index contributed by atoms with van der Waals surface area (Å²) < 4.78 is 11.3. The molecular weight excluding hydrogens is 830 g/mol. The average Bonchev–Trinajstić information content (AvgIpc) is 3.16. The predicted molar refractivity (Wildman–Crippen MR) is 228 cm³/mol. The summed E-state index contributed by atoms with van der Waals surface area (Å²) in [5, 5.41) is 26.4. The van der Waals surface area contributed by atoms with Gasteiger partial charge in [0.15, 0.2) is 11.2 Å². The monoisotopic (exact) mass is 874 g/mol. The Morgan fingerprint density at radius 1 is 0.603 bits per heavy atom. The summed E-state index contributed by atoms with van der Waals surface area (Å²) in [7, 11) is 0. The van der Waals surface area contributed by atoms with Crippen LogP contribution in [0, 0.1) is 0 Å². The number of hydrogen-bond donors (Lipinski definition) is 4. The van der Waals surface area contributed by atoms with Crippen molar-refractivity contribution in [3.8, 4) is 11.5 Å². The highest BCUT2D eigenvalue weighted by molar-refractivity contribution is 6.42. The second kappa shape index (κ2) is 20.2. The lowest BCUT2D eigenvalue weighted by Gasteiger charge is -2.30. The molecule has 58 heavy (non-hydrogen) atoms. The Labute approximate surface area is 357 Å². The second-order valence-electron chi connectivity index (χ2n) is 14.4. The number of ether oxygens (including phenoxy) is 2. The van der Waals surface area contributed by atoms with E-state index in [1.54, 1.807) is 84.9 Å². The van der Waals surface area contributed by atoms with Crippen molar-refractivity contribution in [3.63, 3.8) is 0 Å². The highest BCUT2D eigenvalue weighted by Gasteiger charge is 2.31. The Morgan fingerprint density at radius 3 is 1.31 bits per heavy atom. The number of rotatable bonds is 18. The zero-order chi connectivity index (χ0) is 42.8. The van der Waals surface area contributed by atoms with E-state index in [1.807, 2.05) is 6.92 Å². The molecule has 16 heteroatoms. The van der Waals surface area contributed by atoms with Gasteiger partial charge in [-0.05, 0) is 124 Å². The van der Waals surface area contributed by atoms with E-state index in [2.05, 4.69) is 10.6 Å². The first-order valence-electron chi connectivity index (χ1n) is 18.4. The van der Waals surface area contributed by atoms with Gasteiger partial charge in [0.25, 0.3) is 0 Å². The van der Waals surface area contributed by atoms with Crippen LogP contribution in [0.1, 0.15) is 71.4 Å². The molecule has 0 unspecified atom stereocenters. The van der Waals surface area contributed by atoms with Crippen LogP contribution in [0.2, 0.25) is 20.1 Å². The van der Waals surface area contributed by atoms with Gasteiger partial charge in [0.2, 0.25) is 0 Å². The Morgan fingerprint density at radius 2 is 0.983 bits per heavy atom. The molecular formula is C42H46Cl4N4O8. The summed E-state index contributed by atoms with van der Waals surface area (Å²) in [6, 6.07) is 21.7. The molecule has 0 saturated carbocycles. The van der Waals surface area contributed by atoms with Gasteiger partial charge >= 0.3 is 24.0 Å². The molecule has 4 N–H and O–H groups in total. The maximum atomic E-state index is 14.3. The van der Waals surface area contributed by atoms with E-state index in [-0.39, 0.29) is 24.6 Å². The van der Waals surface area contributed by atoms with Crippen molar-refractivity contribution in [2.45, 2.75) is 90.8 Å². The molecule has 0 fully saturated rings. The van der Waals surface area contributed by atoms with E-state index < -0.39 is 41.4 Å². The van der Waals surface area contributed by atoms with Crippen molar-refractivity contribution >= 4 is 81.8 Å². The number of anilines is 2. The number of carboxylic acids is 2. The molecule has 4 amide bonds. The molecule has 0 spiro atoms. The molecule has 0 aromatic heterocycles. The largest absolute Gasteiger partial charge is 0.478 e. The molecule has 4 aromatic rings. The van der Waals surface area contributed by atoms with Crippen LogP contribution in [0.15, 0.2) is 84.9 Å². The van der Waals surface area contributed by atoms with Gasteiger partial charge in [-0.3, -0.25) is 9.80 Å². The van der Waals surface area contributed by atoms with Gasteiger partial charge in [0, 0.05) is 11.4 Å². The number of unbranched alkanes of at least 4 members (excludes halogenated alkanes) is 2. The number of carbonyl (C=O) groups is 4. The van der Waals surface area contributed by atoms with Gasteiger partial charge in [0.05, 0.1) is 33.2 Å². The first-order chi connectivity index (χ1) is 27.3. The molecule has 0 heterocycles. The zero-order valence-electron chi connectivity index (χ0n) is 32.7. The SMILES string of the molecule is CCCCCC(NC(=O)N(Cc1ccc(Cl)c(Cl)c1)c1ccc(OC(C)(C)C(=O)O)cc1)NC(=O)N(Cc1ccc(Cl)c(Cl)c1)c1ccc(OC(C)(C)C(=O)O)cc1. The molecule has 4 aromatic carbocycles. The van der Waals surface area contributed by atoms with E-state index in [4.69, 9.17) is 55.9 Å². The molecule has 0 aliphatic carbocycles. The first-order valence-corrected chi connectivity index (χ1v) is 19.9. The van der Waals surface area contributed by atoms with Gasteiger partial charge in [-0.2, -0.15) is 0 Å². The minimum Gasteiger partial charge on any atom is -0.478 e. The third-order valence-electron chi connectivity index (χ3n) is 8.90. The van der Waals surface area contributed by atoms with E-state index in [9.17, 15) is 29.4 Å². The number of nitrogens with zero attached hydrogens (tertiary/aromatic N) is 2. The van der Waals surface area contributed by atoms with Gasteiger partial charge in [-0.25, -0.2) is 19.2 Å². The molecule has 0 saturated heterocycles. The predicted octanol–water partition coefficient (Wildman–Crippen LogP) is 10.8. The van der Waals surface area contributed by atoms with Gasteiger partial charge in [-0.15, -0.1) is 0 Å². The first kappa shape index (κ1) is 45.8. The third kappa shape index (κ3) is 12.8. The summed E-state index contributed by atoms with van der Waals surface area (Å²) in [4.78, 5) is 54.9. The summed E-state index contributed by atoms with van der Waals surface area (Å²) in [5.41, 5.74) is -0.785. The fourth-order valence-corrected chi connectivity index (χ4v) is 6.14. The van der Waals surface area contributed by atoms with Crippen LogP contribution >= 0.6 is 46.4 Å². The quantitative estimate of drug-likeness (QED) is 0.0568. The van der Waals surface area contributed by atoms with Crippen molar-refractivity contribution in [1.82, 2.24) is 10.6 Å². The van der Waals surface area contributed by atoms with E-state index in [0.29, 0.717) is 55.4 Å². The maximum Gasteiger partial charge on any atom is 0.347 e. The van der Waals surface area contributed by atoms with Crippen molar-refractivity contribution in [2.75, 3.05) is 9.80 Å². The lowest BCUT2D eigenvalue weighted by atomic mass is 10.1. The van der Waals surface area contributed by atoms with Crippen LogP contribution in [0.25, 0.3) is 0 Å². The van der Waals surface area contributed by atoms with Gasteiger partial charge < -0.3 is 30.3 Å². The van der Waals surface area contributed by atoms with E-state index in [0.717, 1.165) is 12.8 Å². The normalized spacial score (nSPS) is 11.5. The molecule has 0 aliphatic rings. The van der Waals surface area contributed by atoms with Crippen molar-refractivity contribution in [1.29, 1.82) is 0 Å². The second-order valence-corrected chi connectivity index (χ2v) is 16.1. The lowest BCUT2D eigenvalue weighted by molar-refractivity contribution is -0.152. The topological polar surface area (TPSA) is 158 Å². The number of benzene rings is 4. The fourth-order valence-electron chi connectivity index (χ4n) is 5.50. The number of urea groups is 2.